The van der Waals surface area contributed by atoms with Gasteiger partial charge in [0.05, 0.1) is 5.25 Å². The lowest BCUT2D eigenvalue weighted by Gasteiger charge is -2.17. The second-order valence-electron chi connectivity index (χ2n) is 3.30. The van der Waals surface area contributed by atoms with Crippen LogP contribution in [0.3, 0.4) is 0 Å². The van der Waals surface area contributed by atoms with E-state index in [4.69, 9.17) is 0 Å². The Kier molecular flexibility index (Phi) is 1.37. The molecule has 0 aromatic heterocycles. The molecule has 0 saturated heterocycles. The van der Waals surface area contributed by atoms with Crippen LogP contribution in [-0.2, 0) is 9.84 Å². The van der Waals surface area contributed by atoms with Crippen molar-refractivity contribution in [2.24, 2.45) is 0 Å². The summed E-state index contributed by atoms with van der Waals surface area (Å²) < 4.78 is 22.7. The Balaban J connectivity index is 2.70. The molecule has 0 aliphatic carbocycles. The highest BCUT2D eigenvalue weighted by Gasteiger charge is 2.43. The first kappa shape index (κ1) is 7.80. The van der Waals surface area contributed by atoms with E-state index in [0.717, 1.165) is 0 Å². The third-order valence-electron chi connectivity index (χ3n) is 2.43. The number of sulfone groups is 1. The Morgan fingerprint density at radius 1 is 1.17 bits per heavy atom. The highest BCUT2D eigenvalue weighted by Crippen LogP contribution is 2.34. The molecule has 12 heavy (non-hydrogen) atoms. The summed E-state index contributed by atoms with van der Waals surface area (Å²) >= 11 is 0. The molecule has 0 fully saturated rings. The molecule has 2 aliphatic rings. The molecule has 0 spiro atoms. The molecular formula is C9H10O2S. The van der Waals surface area contributed by atoms with Crippen molar-refractivity contribution in [2.75, 3.05) is 0 Å². The average molecular weight is 182 g/mol. The first-order chi connectivity index (χ1) is 5.56. The van der Waals surface area contributed by atoms with Crippen LogP contribution in [0.5, 0.6) is 0 Å². The zero-order chi connectivity index (χ0) is 8.82. The summed E-state index contributed by atoms with van der Waals surface area (Å²) in [7, 11) is -3.05. The van der Waals surface area contributed by atoms with Crippen LogP contribution in [0.2, 0.25) is 0 Å². The Morgan fingerprint density at radius 2 is 1.92 bits per heavy atom. The molecule has 64 valence electrons. The molecule has 2 atom stereocenters. The minimum Gasteiger partial charge on any atom is -0.227 e. The van der Waals surface area contributed by atoms with E-state index in [1.54, 1.807) is 43.4 Å². The highest BCUT2D eigenvalue weighted by atomic mass is 32.2. The summed E-state index contributed by atoms with van der Waals surface area (Å²) in [6, 6.07) is 0. The number of fused-ring (bicyclic) bond motifs is 2. The van der Waals surface area contributed by atoms with Crippen molar-refractivity contribution in [2.45, 2.75) is 16.9 Å². The fourth-order valence-corrected chi connectivity index (χ4v) is 3.22. The van der Waals surface area contributed by atoms with Gasteiger partial charge in [0.1, 0.15) is 4.75 Å². The summed E-state index contributed by atoms with van der Waals surface area (Å²) in [4.78, 5) is 0. The van der Waals surface area contributed by atoms with Gasteiger partial charge in [-0.25, -0.2) is 8.42 Å². The lowest BCUT2D eigenvalue weighted by atomic mass is 10.1. The predicted molar refractivity (Wildman–Crippen MR) is 48.5 cm³/mol. The second kappa shape index (κ2) is 2.10. The van der Waals surface area contributed by atoms with Crippen molar-refractivity contribution in [1.29, 1.82) is 0 Å². The number of allylic oxidation sites excluding steroid dienone is 2. The van der Waals surface area contributed by atoms with Gasteiger partial charge < -0.3 is 0 Å². The van der Waals surface area contributed by atoms with E-state index in [1.807, 2.05) is 0 Å². The van der Waals surface area contributed by atoms with Gasteiger partial charge >= 0.3 is 0 Å². The van der Waals surface area contributed by atoms with Crippen LogP contribution in [0.15, 0.2) is 36.5 Å². The van der Waals surface area contributed by atoms with Gasteiger partial charge in [0.25, 0.3) is 0 Å². The van der Waals surface area contributed by atoms with Gasteiger partial charge in [-0.1, -0.05) is 36.5 Å². The quantitative estimate of drug-likeness (QED) is 0.528. The monoisotopic (exact) mass is 182 g/mol. The summed E-state index contributed by atoms with van der Waals surface area (Å²) in [6.07, 6.45) is 10.5. The Hall–Kier alpha value is -0.830. The Bertz CT molecular complexity index is 387. The van der Waals surface area contributed by atoms with E-state index in [-0.39, 0.29) is 0 Å². The number of hydrogen-bond acceptors (Lipinski definition) is 2. The van der Waals surface area contributed by atoms with Gasteiger partial charge in [0.15, 0.2) is 9.84 Å². The lowest BCUT2D eigenvalue weighted by molar-refractivity contribution is 0.583. The van der Waals surface area contributed by atoms with Gasteiger partial charge in [-0.05, 0) is 6.92 Å². The van der Waals surface area contributed by atoms with Gasteiger partial charge in [-0.2, -0.15) is 0 Å². The average Bonchev–Trinajstić information content (AvgIpc) is 2.09. The maximum Gasteiger partial charge on any atom is 0.172 e. The van der Waals surface area contributed by atoms with Crippen molar-refractivity contribution >= 4 is 9.84 Å². The van der Waals surface area contributed by atoms with Crippen LogP contribution in [0.25, 0.3) is 0 Å². The van der Waals surface area contributed by atoms with Crippen LogP contribution in [0.1, 0.15) is 6.92 Å². The molecule has 0 unspecified atom stereocenters. The molecule has 0 aromatic rings. The van der Waals surface area contributed by atoms with Gasteiger partial charge in [-0.3, -0.25) is 0 Å². The van der Waals surface area contributed by atoms with E-state index >= 15 is 0 Å². The molecule has 2 nitrogen and oxygen atoms in total. The highest BCUT2D eigenvalue weighted by molar-refractivity contribution is 7.94. The Labute approximate surface area is 72.2 Å². The molecule has 0 radical (unpaired) electrons. The van der Waals surface area contributed by atoms with Crippen LogP contribution in [0.4, 0.5) is 0 Å². The van der Waals surface area contributed by atoms with Crippen LogP contribution >= 0.6 is 0 Å². The lowest BCUT2D eigenvalue weighted by Crippen LogP contribution is -2.31. The van der Waals surface area contributed by atoms with E-state index in [0.29, 0.717) is 0 Å². The smallest absolute Gasteiger partial charge is 0.172 e. The molecule has 3 heteroatoms. The molecule has 2 bridgehead atoms. The molecular weight excluding hydrogens is 172 g/mol. The molecule has 2 rings (SSSR count). The number of rotatable bonds is 0. The second-order valence-corrected chi connectivity index (χ2v) is 5.81. The summed E-state index contributed by atoms with van der Waals surface area (Å²) in [5.74, 6) is 0. The minimum atomic E-state index is -3.05. The van der Waals surface area contributed by atoms with E-state index in [2.05, 4.69) is 0 Å². The van der Waals surface area contributed by atoms with Crippen molar-refractivity contribution in [3.8, 4) is 0 Å². The fraction of sp³-hybridized carbons (Fsp3) is 0.333. The van der Waals surface area contributed by atoms with E-state index in [1.165, 1.54) is 0 Å². The molecule has 0 N–H and O–H groups in total. The molecule has 2 heterocycles. The normalized spacial score (nSPS) is 41.6. The largest absolute Gasteiger partial charge is 0.227 e. The maximum atomic E-state index is 11.8. The third kappa shape index (κ3) is 0.771. The first-order valence-corrected chi connectivity index (χ1v) is 5.40. The zero-order valence-corrected chi connectivity index (χ0v) is 7.58. The van der Waals surface area contributed by atoms with Crippen LogP contribution < -0.4 is 0 Å². The van der Waals surface area contributed by atoms with Crippen molar-refractivity contribution in [1.82, 2.24) is 0 Å². The predicted octanol–water partition coefficient (Wildman–Crippen LogP) is 1.22. The Morgan fingerprint density at radius 3 is 2.67 bits per heavy atom. The van der Waals surface area contributed by atoms with Gasteiger partial charge in [-0.15, -0.1) is 0 Å². The molecule has 0 saturated carbocycles. The standard InChI is InChI=1S/C9H10O2S/c1-9-6-3-2-4-8(5-7-9)12(9,10)11/h2-8H,1H3/t8-,9+/m0/s1. The number of hydrogen-bond donors (Lipinski definition) is 0. The van der Waals surface area contributed by atoms with Crippen LogP contribution in [-0.4, -0.2) is 18.4 Å². The van der Waals surface area contributed by atoms with Crippen molar-refractivity contribution in [3.05, 3.63) is 36.5 Å². The maximum absolute atomic E-state index is 11.8. The topological polar surface area (TPSA) is 34.1 Å². The van der Waals surface area contributed by atoms with Gasteiger partial charge in [0.2, 0.25) is 0 Å². The summed E-state index contributed by atoms with van der Waals surface area (Å²) in [5.41, 5.74) is 0. The minimum absolute atomic E-state index is 0.419. The third-order valence-corrected chi connectivity index (χ3v) is 4.96. The van der Waals surface area contributed by atoms with Gasteiger partial charge in [0, 0.05) is 0 Å². The molecule has 0 aromatic carbocycles. The SMILES string of the molecule is C[C@@]12C=CC=C[C@@H](C=C1)S2(=O)=O. The van der Waals surface area contributed by atoms with Crippen molar-refractivity contribution < 1.29 is 8.42 Å². The van der Waals surface area contributed by atoms with E-state index < -0.39 is 19.8 Å². The molecule has 2 aliphatic heterocycles. The first-order valence-electron chi connectivity index (χ1n) is 3.85. The fourth-order valence-electron chi connectivity index (χ4n) is 1.52. The van der Waals surface area contributed by atoms with Crippen LogP contribution in [0, 0.1) is 0 Å². The summed E-state index contributed by atoms with van der Waals surface area (Å²) in [5, 5.41) is -0.419. The zero-order valence-electron chi connectivity index (χ0n) is 6.77. The van der Waals surface area contributed by atoms with E-state index in [9.17, 15) is 8.42 Å². The molecule has 0 amide bonds. The van der Waals surface area contributed by atoms with Crippen molar-refractivity contribution in [3.63, 3.8) is 0 Å². The summed E-state index contributed by atoms with van der Waals surface area (Å²) in [6.45, 7) is 1.72.